The van der Waals surface area contributed by atoms with E-state index in [9.17, 15) is 19.6 Å². The van der Waals surface area contributed by atoms with Crippen LogP contribution in [0.1, 0.15) is 46.0 Å². The zero-order valence-corrected chi connectivity index (χ0v) is 17.2. The second-order valence-corrected chi connectivity index (χ2v) is 9.82. The molecular weight excluding hydrogens is 370 g/mol. The van der Waals surface area contributed by atoms with E-state index in [-0.39, 0.29) is 46.8 Å². The van der Waals surface area contributed by atoms with Gasteiger partial charge in [0.15, 0.2) is 0 Å². The van der Waals surface area contributed by atoms with Gasteiger partial charge in [0.05, 0.1) is 12.1 Å². The summed E-state index contributed by atoms with van der Waals surface area (Å²) in [5.74, 6) is -0.210. The monoisotopic (exact) mass is 401 g/mol. The molecule has 0 aromatic rings. The Morgan fingerprint density at radius 2 is 1.90 bits per heavy atom. The van der Waals surface area contributed by atoms with Crippen LogP contribution in [0.15, 0.2) is 0 Å². The van der Waals surface area contributed by atoms with Gasteiger partial charge in [-0.3, -0.25) is 14.4 Å². The highest BCUT2D eigenvalue weighted by Gasteiger charge is 2.69. The highest BCUT2D eigenvalue weighted by molar-refractivity contribution is 5.92. The maximum absolute atomic E-state index is 13.2. The van der Waals surface area contributed by atoms with Gasteiger partial charge in [0.2, 0.25) is 17.7 Å². The minimum absolute atomic E-state index is 0.00684. The molecule has 0 bridgehead atoms. The lowest BCUT2D eigenvalue weighted by Crippen LogP contribution is -2.55. The number of fused-ring (bicyclic) bond motifs is 4. The van der Waals surface area contributed by atoms with E-state index in [4.69, 9.17) is 5.73 Å². The molecule has 0 spiro atoms. The summed E-state index contributed by atoms with van der Waals surface area (Å²) < 4.78 is 0. The van der Waals surface area contributed by atoms with Crippen molar-refractivity contribution >= 4 is 17.7 Å². The lowest BCUT2D eigenvalue weighted by Gasteiger charge is -2.33. The smallest absolute Gasteiger partial charge is 0.244 e. The van der Waals surface area contributed by atoms with Gasteiger partial charge >= 0.3 is 0 Å². The molecule has 8 heteroatoms. The highest BCUT2D eigenvalue weighted by atomic mass is 16.2. The summed E-state index contributed by atoms with van der Waals surface area (Å²) in [4.78, 5) is 40.1. The molecule has 3 aliphatic heterocycles. The first-order valence-corrected chi connectivity index (χ1v) is 10.8. The molecule has 1 aliphatic carbocycles. The summed E-state index contributed by atoms with van der Waals surface area (Å²) in [6.45, 7) is 5.40. The van der Waals surface area contributed by atoms with Gasteiger partial charge in [0, 0.05) is 19.0 Å². The quantitative estimate of drug-likeness (QED) is 0.531. The van der Waals surface area contributed by atoms with E-state index in [1.165, 1.54) is 0 Å². The van der Waals surface area contributed by atoms with Crippen molar-refractivity contribution in [3.8, 4) is 6.07 Å². The van der Waals surface area contributed by atoms with Gasteiger partial charge in [-0.2, -0.15) is 5.26 Å². The summed E-state index contributed by atoms with van der Waals surface area (Å²) in [6, 6.07) is 0.220. The van der Waals surface area contributed by atoms with Gasteiger partial charge in [-0.05, 0) is 42.4 Å². The van der Waals surface area contributed by atoms with Crippen molar-refractivity contribution in [3.63, 3.8) is 0 Å². The largest absolute Gasteiger partial charge is 0.356 e. The minimum Gasteiger partial charge on any atom is -0.356 e. The average molecular weight is 402 g/mol. The lowest BCUT2D eigenvalue weighted by molar-refractivity contribution is -0.141. The predicted molar refractivity (Wildman–Crippen MR) is 105 cm³/mol. The normalized spacial score (nSPS) is 41.9. The van der Waals surface area contributed by atoms with E-state index in [0.29, 0.717) is 25.9 Å². The van der Waals surface area contributed by atoms with E-state index in [1.54, 1.807) is 4.90 Å². The number of carbonyl (C=O) groups is 3. The standard InChI is InChI=1S/C21H31N5O3/c1-21(2)14-10-26-17(16(14)21)19(28)25-12(8-22)7-13-11(9-24-18(13)27)5-3-4-6-15(23)20(26)29/h11-17H,3-7,9-10,23H2,1-2H3,(H,24,27)(H,25,28)/t11-,12-,13-,14-,15-,16-,17-/m0/s1. The van der Waals surface area contributed by atoms with Gasteiger partial charge in [0.1, 0.15) is 12.1 Å². The van der Waals surface area contributed by atoms with Crippen LogP contribution in [0.2, 0.25) is 0 Å². The van der Waals surface area contributed by atoms with Gasteiger partial charge in [-0.25, -0.2) is 0 Å². The van der Waals surface area contributed by atoms with Crippen LogP contribution in [-0.2, 0) is 14.4 Å². The molecule has 7 atom stereocenters. The first-order chi connectivity index (χ1) is 13.8. The molecule has 0 aromatic carbocycles. The van der Waals surface area contributed by atoms with Crippen LogP contribution in [0, 0.1) is 40.4 Å². The molecule has 4 N–H and O–H groups in total. The summed E-state index contributed by atoms with van der Waals surface area (Å²) in [5, 5.41) is 15.4. The second-order valence-electron chi connectivity index (χ2n) is 9.82. The van der Waals surface area contributed by atoms with Crippen LogP contribution in [-0.4, -0.2) is 53.8 Å². The molecule has 4 aliphatic rings. The van der Waals surface area contributed by atoms with Crippen LogP contribution in [0.5, 0.6) is 0 Å². The Bertz CT molecular complexity index is 760. The maximum Gasteiger partial charge on any atom is 0.244 e. The number of nitrogens with two attached hydrogens (primary N) is 1. The molecule has 29 heavy (non-hydrogen) atoms. The number of hydrogen-bond acceptors (Lipinski definition) is 5. The first-order valence-electron chi connectivity index (χ1n) is 10.8. The number of piperidine rings is 1. The Kier molecular flexibility index (Phi) is 5.06. The zero-order valence-electron chi connectivity index (χ0n) is 17.2. The fourth-order valence-corrected chi connectivity index (χ4v) is 5.90. The molecule has 0 unspecified atom stereocenters. The molecule has 4 fully saturated rings. The summed E-state index contributed by atoms with van der Waals surface area (Å²) >= 11 is 0. The molecule has 0 radical (unpaired) electrons. The predicted octanol–water partition coefficient (Wildman–Crippen LogP) is 0.131. The van der Waals surface area contributed by atoms with Crippen molar-refractivity contribution in [1.82, 2.24) is 15.5 Å². The summed E-state index contributed by atoms with van der Waals surface area (Å²) in [7, 11) is 0. The van der Waals surface area contributed by atoms with E-state index < -0.39 is 18.1 Å². The minimum atomic E-state index is -0.742. The number of rotatable bonds is 0. The van der Waals surface area contributed by atoms with Crippen molar-refractivity contribution in [2.45, 2.75) is 64.1 Å². The fourth-order valence-electron chi connectivity index (χ4n) is 5.90. The van der Waals surface area contributed by atoms with Crippen LogP contribution < -0.4 is 16.4 Å². The number of nitriles is 1. The van der Waals surface area contributed by atoms with E-state index in [1.807, 2.05) is 0 Å². The van der Waals surface area contributed by atoms with Gasteiger partial charge in [-0.1, -0.05) is 26.7 Å². The van der Waals surface area contributed by atoms with Crippen molar-refractivity contribution in [2.24, 2.45) is 34.8 Å². The molecule has 158 valence electrons. The molecule has 3 heterocycles. The molecule has 1 saturated carbocycles. The molecular formula is C21H31N5O3. The maximum atomic E-state index is 13.2. The number of hydrogen-bond donors (Lipinski definition) is 3. The molecule has 0 aromatic heterocycles. The van der Waals surface area contributed by atoms with Crippen LogP contribution in [0.3, 0.4) is 0 Å². The van der Waals surface area contributed by atoms with E-state index in [2.05, 4.69) is 30.6 Å². The van der Waals surface area contributed by atoms with Crippen molar-refractivity contribution in [1.29, 1.82) is 5.26 Å². The third kappa shape index (κ3) is 3.39. The number of nitrogens with zero attached hydrogens (tertiary/aromatic N) is 2. The van der Waals surface area contributed by atoms with Crippen LogP contribution in [0.4, 0.5) is 0 Å². The Balaban J connectivity index is 1.59. The third-order valence-electron chi connectivity index (χ3n) is 7.82. The summed E-state index contributed by atoms with van der Waals surface area (Å²) in [5.41, 5.74) is 6.20. The fraction of sp³-hybridized carbons (Fsp3) is 0.810. The SMILES string of the molecule is CC1(C)[C@@H]2[C@H]3C(=O)N[C@H](C#N)C[C@@H]4C(=O)NC[C@@H]4CCCC[C@H](N)C(=O)N3C[C@@H]21. The Morgan fingerprint density at radius 3 is 2.62 bits per heavy atom. The molecule has 4 rings (SSSR count). The third-order valence-corrected chi connectivity index (χ3v) is 7.82. The van der Waals surface area contributed by atoms with Crippen LogP contribution >= 0.6 is 0 Å². The van der Waals surface area contributed by atoms with Crippen LogP contribution in [0.25, 0.3) is 0 Å². The van der Waals surface area contributed by atoms with Gasteiger partial charge in [0.25, 0.3) is 0 Å². The highest BCUT2D eigenvalue weighted by Crippen LogP contribution is 2.64. The first kappa shape index (κ1) is 20.1. The Hall–Kier alpha value is -2.14. The Labute approximate surface area is 171 Å². The van der Waals surface area contributed by atoms with Crippen molar-refractivity contribution in [3.05, 3.63) is 0 Å². The van der Waals surface area contributed by atoms with E-state index in [0.717, 1.165) is 19.3 Å². The zero-order chi connectivity index (χ0) is 20.9. The van der Waals surface area contributed by atoms with Gasteiger partial charge in [-0.15, -0.1) is 0 Å². The van der Waals surface area contributed by atoms with Crippen molar-refractivity contribution < 1.29 is 14.4 Å². The number of amides is 3. The van der Waals surface area contributed by atoms with Crippen molar-refractivity contribution in [2.75, 3.05) is 13.1 Å². The second kappa shape index (κ2) is 7.28. The summed E-state index contributed by atoms with van der Waals surface area (Å²) in [6.07, 6.45) is 3.46. The lowest BCUT2D eigenvalue weighted by atomic mass is 9.85. The number of carbonyl (C=O) groups excluding carboxylic acids is 3. The topological polar surface area (TPSA) is 128 Å². The Morgan fingerprint density at radius 1 is 1.17 bits per heavy atom. The van der Waals surface area contributed by atoms with Gasteiger partial charge < -0.3 is 21.3 Å². The number of nitrogens with one attached hydrogen (secondary N) is 2. The molecule has 3 saturated heterocycles. The molecule has 3 amide bonds. The van der Waals surface area contributed by atoms with E-state index >= 15 is 0 Å². The molecule has 8 nitrogen and oxygen atoms in total. The average Bonchev–Trinajstić information content (AvgIpc) is 3.02.